The van der Waals surface area contributed by atoms with Gasteiger partial charge in [0, 0.05) is 58.8 Å². The van der Waals surface area contributed by atoms with E-state index in [2.05, 4.69) is 9.78 Å². The van der Waals surface area contributed by atoms with Gasteiger partial charge in [-0.15, -0.1) is 9.78 Å². The van der Waals surface area contributed by atoms with Crippen molar-refractivity contribution in [2.45, 2.75) is 6.16 Å². The maximum Gasteiger partial charge on any atom is 0 e. The first-order chi connectivity index (χ1) is 2.21. The van der Waals surface area contributed by atoms with E-state index in [-0.39, 0.29) is 108 Å². The van der Waals surface area contributed by atoms with E-state index in [9.17, 15) is 0 Å². The second kappa shape index (κ2) is 6.98. The molecule has 1 rings (SSSR count). The zero-order valence-electron chi connectivity index (χ0n) is 3.01. The molecule has 0 aromatic rings. The van der Waals surface area contributed by atoms with Gasteiger partial charge in [0.05, 0.1) is 0 Å². The van der Waals surface area contributed by atoms with Crippen molar-refractivity contribution in [3.8, 4) is 0 Å². The third-order valence-electron chi connectivity index (χ3n) is 0.232. The van der Waals surface area contributed by atoms with Gasteiger partial charge in [-0.25, -0.2) is 0 Å². The minimum atomic E-state index is -2.25. The summed E-state index contributed by atoms with van der Waals surface area (Å²) in [4.78, 5) is 7.01. The smallest absolute Gasteiger partial charge is 0 e. The summed E-state index contributed by atoms with van der Waals surface area (Å²) in [5, 5.41) is 15.5. The second-order valence-electron chi connectivity index (χ2n) is 0.715. The fourth-order valence-electron chi connectivity index (χ4n) is 0.0373. The molecule has 1 aliphatic rings. The van der Waals surface area contributed by atoms with Crippen molar-refractivity contribution in [2.24, 2.45) is 0 Å². The fourth-order valence-corrected chi connectivity index (χ4v) is 0.0373. The van der Waals surface area contributed by atoms with Crippen LogP contribution in [0.2, 0.25) is 0 Å². The number of hydrogen-bond acceptors (Lipinski definition) is 4. The summed E-state index contributed by atoms with van der Waals surface area (Å²) < 4.78 is 0. The zero-order valence-corrected chi connectivity index (χ0v) is 7.09. The average molecular weight is 421 g/mol. The number of rotatable bonds is 0. The average Bonchev–Trinajstić information content (AvgIpc) is 1.76. The van der Waals surface area contributed by atoms with Crippen molar-refractivity contribution in [1.29, 1.82) is 0 Å². The van der Waals surface area contributed by atoms with Crippen LogP contribution >= 0.6 is 0 Å². The topological polar surface area (TPSA) is 65.5 Å². The van der Waals surface area contributed by atoms with E-state index >= 15 is 0 Å². The molecule has 1 radical (unpaired) electrons. The number of hydrogen-bond donors (Lipinski definition) is 2. The molecule has 0 aromatic carbocycles. The SMILES string of the molecule is OC1(O)OO1.[BaH2].[Ce].[Cu]. The van der Waals surface area contributed by atoms with Gasteiger partial charge in [0.1, 0.15) is 0 Å². The Balaban J connectivity index is -0.0000000833. The quantitative estimate of drug-likeness (QED) is 0.199. The molecule has 0 aromatic heterocycles. The third-order valence-corrected chi connectivity index (χ3v) is 0.232. The van der Waals surface area contributed by atoms with Crippen molar-refractivity contribution in [1.82, 2.24) is 0 Å². The predicted octanol–water partition coefficient (Wildman–Crippen LogP) is -2.37. The van der Waals surface area contributed by atoms with Gasteiger partial charge >= 0.3 is 55.0 Å². The van der Waals surface area contributed by atoms with Gasteiger partial charge in [-0.3, -0.25) is 0 Å². The molecule has 0 saturated carbocycles. The van der Waals surface area contributed by atoms with E-state index in [0.717, 1.165) is 0 Å². The Morgan fingerprint density at radius 1 is 1.12 bits per heavy atom. The largest absolute Gasteiger partial charge is 0 e. The minimum Gasteiger partial charge on any atom is 0 e. The van der Waals surface area contributed by atoms with Crippen LogP contribution in [0.3, 0.4) is 0 Å². The first-order valence-corrected chi connectivity index (χ1v) is 1.02. The molecule has 1 saturated heterocycles. The molecular formula is CH4BaCeCuO4. The summed E-state index contributed by atoms with van der Waals surface area (Å²) in [5.74, 6) is 0. The van der Waals surface area contributed by atoms with Crippen LogP contribution in [-0.2, 0) is 26.8 Å². The van der Waals surface area contributed by atoms with E-state index in [1.54, 1.807) is 0 Å². The van der Waals surface area contributed by atoms with Gasteiger partial charge in [0.25, 0.3) is 0 Å². The molecule has 1 fully saturated rings. The normalized spacial score (nSPS) is 18.8. The molecule has 0 aliphatic carbocycles. The van der Waals surface area contributed by atoms with E-state index in [1.165, 1.54) is 0 Å². The van der Waals surface area contributed by atoms with E-state index in [1.807, 2.05) is 0 Å². The van der Waals surface area contributed by atoms with Crippen molar-refractivity contribution < 1.29 is 78.8 Å². The van der Waals surface area contributed by atoms with Gasteiger partial charge in [-0.2, -0.15) is 0 Å². The van der Waals surface area contributed by atoms with E-state index in [0.29, 0.717) is 0 Å². The van der Waals surface area contributed by atoms with E-state index < -0.39 is 6.16 Å². The summed E-state index contributed by atoms with van der Waals surface area (Å²) in [6, 6.07) is 0. The predicted molar refractivity (Wildman–Crippen MR) is 17.9 cm³/mol. The summed E-state index contributed by atoms with van der Waals surface area (Å²) in [5.41, 5.74) is 0. The Morgan fingerprint density at radius 3 is 1.25 bits per heavy atom. The monoisotopic (exact) mass is 421 g/mol. The molecule has 0 atom stereocenters. The maximum absolute atomic E-state index is 7.74. The van der Waals surface area contributed by atoms with Crippen LogP contribution in [0.1, 0.15) is 0 Å². The van der Waals surface area contributed by atoms with Crippen LogP contribution in [0.5, 0.6) is 0 Å². The molecule has 0 amide bonds. The van der Waals surface area contributed by atoms with Crippen LogP contribution in [0, 0.1) is 41.7 Å². The Bertz CT molecular complexity index is 54.0. The molecular weight excluding hydrogens is 417 g/mol. The summed E-state index contributed by atoms with van der Waals surface area (Å²) in [6.45, 7) is 0. The fraction of sp³-hybridized carbons (Fsp3) is 1.00. The standard InChI is InChI=1S/CH2O4.Ba.Ce.Cu.2H/c2-1(3)4-5-1;;;;;/h2-3H;;;;;. The molecule has 0 bridgehead atoms. The molecule has 1 heterocycles. The summed E-state index contributed by atoms with van der Waals surface area (Å²) in [7, 11) is 0. The van der Waals surface area contributed by atoms with Crippen LogP contribution in [0.15, 0.2) is 0 Å². The van der Waals surface area contributed by atoms with Gasteiger partial charge < -0.3 is 10.2 Å². The van der Waals surface area contributed by atoms with Crippen molar-refractivity contribution in [3.05, 3.63) is 0 Å². The van der Waals surface area contributed by atoms with Crippen LogP contribution in [-0.4, -0.2) is 65.3 Å². The van der Waals surface area contributed by atoms with Gasteiger partial charge in [-0.05, 0) is 0 Å². The van der Waals surface area contributed by atoms with Crippen LogP contribution in [0.4, 0.5) is 0 Å². The van der Waals surface area contributed by atoms with Crippen molar-refractivity contribution >= 4 is 48.9 Å². The molecule has 4 nitrogen and oxygen atoms in total. The third kappa shape index (κ3) is 9.31. The molecule has 0 spiro atoms. The molecule has 7 heteroatoms. The summed E-state index contributed by atoms with van der Waals surface area (Å²) >= 11 is 0. The molecule has 2 N–H and O–H groups in total. The molecule has 0 unspecified atom stereocenters. The van der Waals surface area contributed by atoms with Gasteiger partial charge in [-0.1, -0.05) is 0 Å². The zero-order chi connectivity index (χ0) is 3.91. The first kappa shape index (κ1) is 17.4. The van der Waals surface area contributed by atoms with Crippen molar-refractivity contribution in [3.63, 3.8) is 0 Å². The molecule has 1 aliphatic heterocycles. The van der Waals surface area contributed by atoms with Crippen LogP contribution < -0.4 is 0 Å². The summed E-state index contributed by atoms with van der Waals surface area (Å²) in [6.07, 6.45) is -2.25. The van der Waals surface area contributed by atoms with E-state index in [4.69, 9.17) is 10.2 Å². The Labute approximate surface area is 131 Å². The Kier molecular flexibility index (Phi) is 15.2. The Hall–Kier alpha value is 3.31. The molecule has 8 heavy (non-hydrogen) atoms. The van der Waals surface area contributed by atoms with Crippen molar-refractivity contribution in [2.75, 3.05) is 0 Å². The maximum atomic E-state index is 7.74. The van der Waals surface area contributed by atoms with Crippen LogP contribution in [0.25, 0.3) is 0 Å². The van der Waals surface area contributed by atoms with Gasteiger partial charge in [0.15, 0.2) is 0 Å². The minimum absolute atomic E-state index is 0. The Morgan fingerprint density at radius 2 is 1.25 bits per heavy atom. The van der Waals surface area contributed by atoms with Gasteiger partial charge in [0.2, 0.25) is 0 Å². The second-order valence-corrected chi connectivity index (χ2v) is 0.715. The molecule has 49 valence electrons. The number of aliphatic hydroxyl groups is 2. The first-order valence-electron chi connectivity index (χ1n) is 1.02.